The minimum Gasteiger partial charge on any atom is -0.388 e. The summed E-state index contributed by atoms with van der Waals surface area (Å²) in [6.45, 7) is 2.28. The Kier molecular flexibility index (Phi) is 4.55. The smallest absolute Gasteiger partial charge is 0.276 e. The van der Waals surface area contributed by atoms with E-state index in [0.717, 1.165) is 5.69 Å². The summed E-state index contributed by atoms with van der Waals surface area (Å²) in [7, 11) is 1.82. The first-order valence-corrected chi connectivity index (χ1v) is 6.56. The maximum Gasteiger partial charge on any atom is 0.276 e. The number of rotatable bonds is 5. The SMILES string of the molecule is CCNC(=O)c1[nH]cnc1C(=O)Nc1ccc(NC)cc1. The molecule has 0 bridgehead atoms. The van der Waals surface area contributed by atoms with E-state index in [0.29, 0.717) is 12.2 Å². The van der Waals surface area contributed by atoms with E-state index < -0.39 is 5.91 Å². The number of hydrogen-bond donors (Lipinski definition) is 4. The van der Waals surface area contributed by atoms with Crippen LogP contribution >= 0.6 is 0 Å². The maximum absolute atomic E-state index is 12.2. The predicted molar refractivity (Wildman–Crippen MR) is 80.5 cm³/mol. The largest absolute Gasteiger partial charge is 0.388 e. The zero-order valence-corrected chi connectivity index (χ0v) is 11.9. The van der Waals surface area contributed by atoms with Gasteiger partial charge in [0.15, 0.2) is 5.69 Å². The van der Waals surface area contributed by atoms with Crippen LogP contribution in [0.15, 0.2) is 30.6 Å². The van der Waals surface area contributed by atoms with Crippen LogP contribution in [0.1, 0.15) is 27.9 Å². The molecule has 0 spiro atoms. The van der Waals surface area contributed by atoms with Crippen LogP contribution in [0.4, 0.5) is 11.4 Å². The first-order chi connectivity index (χ1) is 10.2. The third-order valence-electron chi connectivity index (χ3n) is 2.85. The van der Waals surface area contributed by atoms with Crippen molar-refractivity contribution in [1.29, 1.82) is 0 Å². The monoisotopic (exact) mass is 287 g/mol. The summed E-state index contributed by atoms with van der Waals surface area (Å²) in [5.41, 5.74) is 1.79. The van der Waals surface area contributed by atoms with E-state index in [-0.39, 0.29) is 17.3 Å². The van der Waals surface area contributed by atoms with Crippen molar-refractivity contribution in [2.75, 3.05) is 24.2 Å². The Bertz CT molecular complexity index is 633. The molecule has 0 fully saturated rings. The quantitative estimate of drug-likeness (QED) is 0.669. The Labute approximate surface area is 122 Å². The number of nitrogens with one attached hydrogen (secondary N) is 4. The minimum atomic E-state index is -0.435. The second-order valence-corrected chi connectivity index (χ2v) is 4.27. The Balaban J connectivity index is 2.13. The molecule has 0 aliphatic heterocycles. The van der Waals surface area contributed by atoms with E-state index in [4.69, 9.17) is 0 Å². The Morgan fingerprint density at radius 3 is 2.43 bits per heavy atom. The number of imidazole rings is 1. The molecule has 7 heteroatoms. The Morgan fingerprint density at radius 1 is 1.14 bits per heavy atom. The molecule has 1 aromatic heterocycles. The highest BCUT2D eigenvalue weighted by molar-refractivity contribution is 6.10. The summed E-state index contributed by atoms with van der Waals surface area (Å²) in [5, 5.41) is 8.32. The van der Waals surface area contributed by atoms with Gasteiger partial charge in [-0.1, -0.05) is 0 Å². The molecular weight excluding hydrogens is 270 g/mol. The van der Waals surface area contributed by atoms with Crippen molar-refractivity contribution in [2.45, 2.75) is 6.92 Å². The molecule has 0 aliphatic rings. The number of anilines is 2. The van der Waals surface area contributed by atoms with Crippen molar-refractivity contribution in [2.24, 2.45) is 0 Å². The fourth-order valence-corrected chi connectivity index (χ4v) is 1.80. The van der Waals surface area contributed by atoms with Gasteiger partial charge >= 0.3 is 0 Å². The number of amides is 2. The molecule has 2 aromatic rings. The molecular formula is C14H17N5O2. The second-order valence-electron chi connectivity index (χ2n) is 4.27. The summed E-state index contributed by atoms with van der Waals surface area (Å²) < 4.78 is 0. The van der Waals surface area contributed by atoms with Gasteiger partial charge in [-0.2, -0.15) is 0 Å². The predicted octanol–water partition coefficient (Wildman–Crippen LogP) is 1.45. The van der Waals surface area contributed by atoms with E-state index in [9.17, 15) is 9.59 Å². The Hall–Kier alpha value is -2.83. The summed E-state index contributed by atoms with van der Waals surface area (Å²) in [6, 6.07) is 7.21. The van der Waals surface area contributed by atoms with E-state index in [1.165, 1.54) is 6.33 Å². The molecule has 7 nitrogen and oxygen atoms in total. The number of hydrogen-bond acceptors (Lipinski definition) is 4. The molecule has 2 amide bonds. The van der Waals surface area contributed by atoms with Gasteiger partial charge in [0, 0.05) is 25.0 Å². The first kappa shape index (κ1) is 14.6. The molecule has 110 valence electrons. The first-order valence-electron chi connectivity index (χ1n) is 6.56. The van der Waals surface area contributed by atoms with Crippen LogP contribution in [-0.4, -0.2) is 35.4 Å². The summed E-state index contributed by atoms with van der Waals surface area (Å²) >= 11 is 0. The van der Waals surface area contributed by atoms with Crippen LogP contribution in [0.5, 0.6) is 0 Å². The molecule has 0 aliphatic carbocycles. The zero-order chi connectivity index (χ0) is 15.2. The molecule has 2 rings (SSSR count). The van der Waals surface area contributed by atoms with Crippen LogP contribution in [0, 0.1) is 0 Å². The van der Waals surface area contributed by atoms with Gasteiger partial charge in [-0.05, 0) is 31.2 Å². The van der Waals surface area contributed by atoms with Crippen LogP contribution in [-0.2, 0) is 0 Å². The maximum atomic E-state index is 12.2. The highest BCUT2D eigenvalue weighted by Gasteiger charge is 2.19. The number of aromatic amines is 1. The van der Waals surface area contributed by atoms with Crippen molar-refractivity contribution >= 4 is 23.2 Å². The number of aromatic nitrogens is 2. The van der Waals surface area contributed by atoms with E-state index in [1.807, 2.05) is 19.2 Å². The van der Waals surface area contributed by atoms with E-state index in [2.05, 4.69) is 25.9 Å². The molecule has 1 aromatic carbocycles. The van der Waals surface area contributed by atoms with Crippen molar-refractivity contribution < 1.29 is 9.59 Å². The lowest BCUT2D eigenvalue weighted by atomic mass is 10.2. The van der Waals surface area contributed by atoms with E-state index >= 15 is 0 Å². The number of H-pyrrole nitrogens is 1. The van der Waals surface area contributed by atoms with Gasteiger partial charge < -0.3 is 20.9 Å². The topological polar surface area (TPSA) is 98.9 Å². The van der Waals surface area contributed by atoms with Gasteiger partial charge in [0.05, 0.1) is 6.33 Å². The minimum absolute atomic E-state index is 0.0682. The van der Waals surface area contributed by atoms with Crippen molar-refractivity contribution in [3.8, 4) is 0 Å². The number of carbonyl (C=O) groups excluding carboxylic acids is 2. The lowest BCUT2D eigenvalue weighted by Gasteiger charge is -2.06. The molecule has 0 atom stereocenters. The Morgan fingerprint density at radius 2 is 1.81 bits per heavy atom. The van der Waals surface area contributed by atoms with Gasteiger partial charge in [0.25, 0.3) is 11.8 Å². The van der Waals surface area contributed by atoms with Gasteiger partial charge in [0.2, 0.25) is 0 Å². The van der Waals surface area contributed by atoms with Crippen molar-refractivity contribution in [3.63, 3.8) is 0 Å². The molecule has 0 saturated carbocycles. The van der Waals surface area contributed by atoms with Crippen LogP contribution in [0.2, 0.25) is 0 Å². The molecule has 1 heterocycles. The lowest BCUT2D eigenvalue weighted by Crippen LogP contribution is -2.26. The van der Waals surface area contributed by atoms with Crippen LogP contribution in [0.3, 0.4) is 0 Å². The fraction of sp³-hybridized carbons (Fsp3) is 0.214. The third kappa shape index (κ3) is 3.38. The normalized spacial score (nSPS) is 10.0. The average molecular weight is 287 g/mol. The van der Waals surface area contributed by atoms with Crippen LogP contribution in [0.25, 0.3) is 0 Å². The van der Waals surface area contributed by atoms with E-state index in [1.54, 1.807) is 19.1 Å². The fourth-order valence-electron chi connectivity index (χ4n) is 1.80. The van der Waals surface area contributed by atoms with Gasteiger partial charge in [0.1, 0.15) is 5.69 Å². The van der Waals surface area contributed by atoms with Crippen LogP contribution < -0.4 is 16.0 Å². The molecule has 0 radical (unpaired) electrons. The van der Waals surface area contributed by atoms with Gasteiger partial charge in [-0.3, -0.25) is 9.59 Å². The zero-order valence-electron chi connectivity index (χ0n) is 11.9. The summed E-state index contributed by atoms with van der Waals surface area (Å²) in [6.07, 6.45) is 1.32. The highest BCUT2D eigenvalue weighted by Crippen LogP contribution is 2.14. The molecule has 4 N–H and O–H groups in total. The highest BCUT2D eigenvalue weighted by atomic mass is 16.2. The average Bonchev–Trinajstić information content (AvgIpc) is 2.98. The standard InChI is InChI=1S/C14H17N5O2/c1-3-16-13(20)11-12(18-8-17-11)14(21)19-10-6-4-9(15-2)5-7-10/h4-8,15H,3H2,1-2H3,(H,16,20)(H,17,18)(H,19,21). The number of benzene rings is 1. The summed E-state index contributed by atoms with van der Waals surface area (Å²) in [4.78, 5) is 30.6. The van der Waals surface area contributed by atoms with Gasteiger partial charge in [-0.25, -0.2) is 4.98 Å². The second kappa shape index (κ2) is 6.56. The number of nitrogens with zero attached hydrogens (tertiary/aromatic N) is 1. The molecule has 0 saturated heterocycles. The molecule has 21 heavy (non-hydrogen) atoms. The summed E-state index contributed by atoms with van der Waals surface area (Å²) in [5.74, 6) is -0.791. The lowest BCUT2D eigenvalue weighted by molar-refractivity contribution is 0.0937. The van der Waals surface area contributed by atoms with Gasteiger partial charge in [-0.15, -0.1) is 0 Å². The number of carbonyl (C=O) groups is 2. The van der Waals surface area contributed by atoms with Crippen molar-refractivity contribution in [1.82, 2.24) is 15.3 Å². The third-order valence-corrected chi connectivity index (χ3v) is 2.85. The molecule has 0 unspecified atom stereocenters. The van der Waals surface area contributed by atoms with Crippen molar-refractivity contribution in [3.05, 3.63) is 42.0 Å².